The molecule has 0 aliphatic heterocycles. The Labute approximate surface area is 166 Å². The molecule has 0 amide bonds. The Hall–Kier alpha value is -2.97. The molecule has 0 saturated carbocycles. The fraction of sp³-hybridized carbons (Fsp3) is 0.350. The molecule has 0 fully saturated rings. The minimum Gasteiger partial charge on any atom is -0.402 e. The molecule has 0 atom stereocenters. The largest absolute Gasteiger partial charge is 0.573 e. The molecule has 9 heteroatoms. The Bertz CT molecular complexity index is 852. The quantitative estimate of drug-likeness (QED) is 0.327. The number of hydrogen-bond acceptors (Lipinski definition) is 5. The van der Waals surface area contributed by atoms with Crippen molar-refractivity contribution in [3.63, 3.8) is 0 Å². The maximum Gasteiger partial charge on any atom is 0.573 e. The second-order valence-corrected chi connectivity index (χ2v) is 6.37. The summed E-state index contributed by atoms with van der Waals surface area (Å²) in [5.74, 6) is -1.49. The van der Waals surface area contributed by atoms with Crippen LogP contribution in [-0.2, 0) is 0 Å². The van der Waals surface area contributed by atoms with Crippen molar-refractivity contribution in [2.75, 3.05) is 13.6 Å². The summed E-state index contributed by atoms with van der Waals surface area (Å²) in [5.41, 5.74) is 0.543. The summed E-state index contributed by atoms with van der Waals surface area (Å²) in [6.45, 7) is 2.94. The van der Waals surface area contributed by atoms with Gasteiger partial charge in [-0.1, -0.05) is 19.8 Å². The molecule has 0 saturated heterocycles. The standard InChI is InChI=1S/C20H21F4N3O2/c1-3-4-5-7-27(2)8-6-14-9-17(18(21)10-15(14)13-28)19-25-11-16(12-26-19)29-20(22,23)24/h6,8-13H,3-5,7H2,1-2H3/b8-6-. The van der Waals surface area contributed by atoms with Gasteiger partial charge in [0.25, 0.3) is 0 Å². The van der Waals surface area contributed by atoms with Crippen LogP contribution >= 0.6 is 0 Å². The molecule has 29 heavy (non-hydrogen) atoms. The fourth-order valence-corrected chi connectivity index (χ4v) is 2.56. The minimum atomic E-state index is -4.87. The highest BCUT2D eigenvalue weighted by Crippen LogP contribution is 2.26. The normalized spacial score (nSPS) is 11.7. The first-order chi connectivity index (χ1) is 13.7. The van der Waals surface area contributed by atoms with Gasteiger partial charge in [0.05, 0.1) is 18.0 Å². The third-order valence-electron chi connectivity index (χ3n) is 4.03. The van der Waals surface area contributed by atoms with E-state index in [9.17, 15) is 22.4 Å². The summed E-state index contributed by atoms with van der Waals surface area (Å²) in [6, 6.07) is 2.43. The lowest BCUT2D eigenvalue weighted by Crippen LogP contribution is -2.17. The smallest absolute Gasteiger partial charge is 0.402 e. The van der Waals surface area contributed by atoms with E-state index in [4.69, 9.17) is 0 Å². The van der Waals surface area contributed by atoms with Crippen molar-refractivity contribution in [1.82, 2.24) is 14.9 Å². The van der Waals surface area contributed by atoms with Crippen LogP contribution in [0.25, 0.3) is 17.5 Å². The monoisotopic (exact) mass is 411 g/mol. The van der Waals surface area contributed by atoms with Crippen LogP contribution in [-0.4, -0.2) is 41.1 Å². The molecular formula is C20H21F4N3O2. The number of benzene rings is 1. The van der Waals surface area contributed by atoms with E-state index in [1.807, 2.05) is 11.9 Å². The molecule has 1 heterocycles. The highest BCUT2D eigenvalue weighted by Gasteiger charge is 2.31. The first kappa shape index (κ1) is 22.3. The van der Waals surface area contributed by atoms with Crippen molar-refractivity contribution >= 4 is 12.4 Å². The number of alkyl halides is 3. The van der Waals surface area contributed by atoms with E-state index in [0.717, 1.165) is 44.3 Å². The summed E-state index contributed by atoms with van der Waals surface area (Å²) < 4.78 is 54.8. The van der Waals surface area contributed by atoms with Crippen LogP contribution < -0.4 is 4.74 Å². The number of rotatable bonds is 9. The maximum atomic E-state index is 14.4. The number of aromatic nitrogens is 2. The van der Waals surface area contributed by atoms with Crippen molar-refractivity contribution in [2.24, 2.45) is 0 Å². The van der Waals surface area contributed by atoms with E-state index in [1.165, 1.54) is 6.07 Å². The van der Waals surface area contributed by atoms with Crippen molar-refractivity contribution in [2.45, 2.75) is 32.5 Å². The molecule has 0 aliphatic rings. The molecule has 1 aromatic carbocycles. The van der Waals surface area contributed by atoms with Crippen LogP contribution in [0.2, 0.25) is 0 Å². The SMILES string of the molecule is CCCCCN(C)/C=C\c1cc(-c2ncc(OC(F)(F)F)cn2)c(F)cc1C=O. The number of nitrogens with zero attached hydrogens (tertiary/aromatic N) is 3. The average molecular weight is 411 g/mol. The van der Waals surface area contributed by atoms with Crippen LogP contribution in [0.15, 0.2) is 30.7 Å². The molecule has 0 spiro atoms. The molecule has 0 N–H and O–H groups in total. The van der Waals surface area contributed by atoms with Gasteiger partial charge in [-0.05, 0) is 36.4 Å². The van der Waals surface area contributed by atoms with Gasteiger partial charge >= 0.3 is 6.36 Å². The van der Waals surface area contributed by atoms with Crippen LogP contribution in [0, 0.1) is 5.82 Å². The lowest BCUT2D eigenvalue weighted by Gasteiger charge is -2.14. The summed E-state index contributed by atoms with van der Waals surface area (Å²) in [5, 5.41) is 0. The molecule has 1 aromatic heterocycles. The van der Waals surface area contributed by atoms with E-state index in [2.05, 4.69) is 21.6 Å². The third kappa shape index (κ3) is 6.85. The number of halogens is 4. The molecule has 0 aliphatic carbocycles. The van der Waals surface area contributed by atoms with Gasteiger partial charge in [0.2, 0.25) is 0 Å². The van der Waals surface area contributed by atoms with E-state index in [-0.39, 0.29) is 17.0 Å². The summed E-state index contributed by atoms with van der Waals surface area (Å²) in [7, 11) is 1.89. The number of hydrogen-bond donors (Lipinski definition) is 0. The van der Waals surface area contributed by atoms with Crippen molar-refractivity contribution in [1.29, 1.82) is 0 Å². The number of unbranched alkanes of at least 4 members (excludes halogenated alkanes) is 2. The second kappa shape index (κ2) is 9.99. The zero-order valence-electron chi connectivity index (χ0n) is 16.0. The van der Waals surface area contributed by atoms with Crippen LogP contribution in [0.4, 0.5) is 17.6 Å². The van der Waals surface area contributed by atoms with Crippen LogP contribution in [0.5, 0.6) is 5.75 Å². The molecule has 0 radical (unpaired) electrons. The summed E-state index contributed by atoms with van der Waals surface area (Å²) >= 11 is 0. The average Bonchev–Trinajstić information content (AvgIpc) is 2.66. The Morgan fingerprint density at radius 1 is 1.14 bits per heavy atom. The van der Waals surface area contributed by atoms with Gasteiger partial charge in [-0.3, -0.25) is 4.79 Å². The zero-order chi connectivity index (χ0) is 21.4. The lowest BCUT2D eigenvalue weighted by atomic mass is 10.0. The van der Waals surface area contributed by atoms with E-state index >= 15 is 0 Å². The topological polar surface area (TPSA) is 55.3 Å². The molecule has 0 unspecified atom stereocenters. The highest BCUT2D eigenvalue weighted by molar-refractivity contribution is 5.84. The number of ether oxygens (including phenoxy) is 1. The number of aldehydes is 1. The van der Waals surface area contributed by atoms with E-state index in [0.29, 0.717) is 11.8 Å². The van der Waals surface area contributed by atoms with Crippen molar-refractivity contribution in [3.8, 4) is 17.1 Å². The Kier molecular flexibility index (Phi) is 7.69. The summed E-state index contributed by atoms with van der Waals surface area (Å²) in [4.78, 5) is 20.7. The Morgan fingerprint density at radius 3 is 2.41 bits per heavy atom. The molecule has 2 rings (SSSR count). The number of carbonyl (C=O) groups is 1. The third-order valence-corrected chi connectivity index (χ3v) is 4.03. The highest BCUT2D eigenvalue weighted by atomic mass is 19.4. The fourth-order valence-electron chi connectivity index (χ4n) is 2.56. The van der Waals surface area contributed by atoms with Gasteiger partial charge in [0, 0.05) is 19.2 Å². The zero-order valence-corrected chi connectivity index (χ0v) is 16.0. The van der Waals surface area contributed by atoms with Gasteiger partial charge < -0.3 is 9.64 Å². The predicted molar refractivity (Wildman–Crippen MR) is 101 cm³/mol. The first-order valence-corrected chi connectivity index (χ1v) is 8.98. The molecular weight excluding hydrogens is 390 g/mol. The molecule has 2 aromatic rings. The number of carbonyl (C=O) groups excluding carboxylic acids is 1. The Morgan fingerprint density at radius 2 is 1.83 bits per heavy atom. The van der Waals surface area contributed by atoms with Crippen molar-refractivity contribution < 1.29 is 27.1 Å². The van der Waals surface area contributed by atoms with Crippen molar-refractivity contribution in [3.05, 3.63) is 47.7 Å². The van der Waals surface area contributed by atoms with Crippen LogP contribution in [0.3, 0.4) is 0 Å². The predicted octanol–water partition coefficient (Wildman–Crippen LogP) is 5.09. The first-order valence-electron chi connectivity index (χ1n) is 8.98. The van der Waals surface area contributed by atoms with Gasteiger partial charge in [0.15, 0.2) is 17.9 Å². The maximum absolute atomic E-state index is 14.4. The lowest BCUT2D eigenvalue weighted by molar-refractivity contribution is -0.274. The second-order valence-electron chi connectivity index (χ2n) is 6.37. The van der Waals surface area contributed by atoms with Gasteiger partial charge in [0.1, 0.15) is 5.82 Å². The van der Waals surface area contributed by atoms with E-state index in [1.54, 1.807) is 12.3 Å². The molecule has 5 nitrogen and oxygen atoms in total. The summed E-state index contributed by atoms with van der Waals surface area (Å²) in [6.07, 6.45) is 3.94. The minimum absolute atomic E-state index is 0.0394. The molecule has 156 valence electrons. The molecule has 0 bridgehead atoms. The van der Waals surface area contributed by atoms with Gasteiger partial charge in [-0.25, -0.2) is 14.4 Å². The van der Waals surface area contributed by atoms with Gasteiger partial charge in [-0.2, -0.15) is 0 Å². The van der Waals surface area contributed by atoms with Gasteiger partial charge in [-0.15, -0.1) is 13.2 Å². The Balaban J connectivity index is 2.27. The van der Waals surface area contributed by atoms with E-state index < -0.39 is 17.9 Å². The van der Waals surface area contributed by atoms with Crippen LogP contribution in [0.1, 0.15) is 42.1 Å².